The minimum Gasteiger partial charge on any atom is -0.490 e. The monoisotopic (exact) mass is 256 g/mol. The molecule has 0 saturated carbocycles. The predicted molar refractivity (Wildman–Crippen MR) is 63.1 cm³/mol. The van der Waals surface area contributed by atoms with Gasteiger partial charge in [-0.25, -0.2) is 0 Å². The zero-order valence-electron chi connectivity index (χ0n) is 8.78. The van der Waals surface area contributed by atoms with E-state index in [2.05, 4.69) is 0 Å². The first-order chi connectivity index (χ1) is 7.95. The summed E-state index contributed by atoms with van der Waals surface area (Å²) in [6, 6.07) is 3.41. The number of benzene rings is 1. The van der Waals surface area contributed by atoms with Crippen LogP contribution in [-0.2, 0) is 11.2 Å². The van der Waals surface area contributed by atoms with Crippen LogP contribution in [0.3, 0.4) is 0 Å². The topological polar surface area (TPSA) is 95.5 Å². The van der Waals surface area contributed by atoms with Crippen molar-refractivity contribution in [3.05, 3.63) is 44.0 Å². The maximum absolute atomic E-state index is 10.8. The number of non-ortho nitro benzene ring substituents is 1. The van der Waals surface area contributed by atoms with Gasteiger partial charge in [-0.05, 0) is 18.3 Å². The smallest absolute Gasteiger partial charge is 0.279 e. The van der Waals surface area contributed by atoms with Crippen LogP contribution in [0, 0.1) is 20.2 Å². The third kappa shape index (κ3) is 3.18. The first-order valence-electron chi connectivity index (χ1n) is 4.44. The van der Waals surface area contributed by atoms with Gasteiger partial charge in [-0.3, -0.25) is 20.2 Å². The molecule has 0 atom stereocenters. The van der Waals surface area contributed by atoms with E-state index in [1.165, 1.54) is 19.2 Å². The van der Waals surface area contributed by atoms with Crippen LogP contribution in [0.4, 0.5) is 11.4 Å². The van der Waals surface area contributed by atoms with Crippen molar-refractivity contribution in [2.75, 3.05) is 7.11 Å². The summed E-state index contributed by atoms with van der Waals surface area (Å²) in [5, 5.41) is 21.4. The number of methoxy groups -OCH3 is 1. The van der Waals surface area contributed by atoms with Crippen LogP contribution < -0.4 is 0 Å². The standard InChI is InChI=1S/C9H8N2O5S/c1-16-9(17)4-6-2-3-7(10(12)13)5-8(6)11(14)15/h2-3,5H,4H2,1H3. The zero-order chi connectivity index (χ0) is 13.0. The fraction of sp³-hybridized carbons (Fsp3) is 0.222. The summed E-state index contributed by atoms with van der Waals surface area (Å²) in [7, 11) is 1.36. The number of nitro groups is 2. The minimum absolute atomic E-state index is 0.0696. The average molecular weight is 256 g/mol. The Morgan fingerprint density at radius 3 is 2.47 bits per heavy atom. The van der Waals surface area contributed by atoms with E-state index in [4.69, 9.17) is 17.0 Å². The fourth-order valence-corrected chi connectivity index (χ4v) is 1.37. The van der Waals surface area contributed by atoms with Gasteiger partial charge < -0.3 is 4.74 Å². The summed E-state index contributed by atoms with van der Waals surface area (Å²) in [6.07, 6.45) is 0.0696. The summed E-state index contributed by atoms with van der Waals surface area (Å²) in [4.78, 5) is 19.9. The van der Waals surface area contributed by atoms with E-state index in [0.29, 0.717) is 0 Å². The molecule has 0 aromatic heterocycles. The van der Waals surface area contributed by atoms with E-state index >= 15 is 0 Å². The molecule has 90 valence electrons. The molecule has 0 aliphatic rings. The lowest BCUT2D eigenvalue weighted by molar-refractivity contribution is -0.394. The van der Waals surface area contributed by atoms with Crippen molar-refractivity contribution in [3.63, 3.8) is 0 Å². The predicted octanol–water partition coefficient (Wildman–Crippen LogP) is 2.02. The van der Waals surface area contributed by atoms with Gasteiger partial charge in [0.05, 0.1) is 23.0 Å². The molecule has 8 heteroatoms. The number of ether oxygens (including phenoxy) is 1. The maximum Gasteiger partial charge on any atom is 0.279 e. The lowest BCUT2D eigenvalue weighted by Crippen LogP contribution is -2.05. The Balaban J connectivity index is 3.17. The molecule has 1 aromatic carbocycles. The summed E-state index contributed by atoms with van der Waals surface area (Å²) in [5.41, 5.74) is -0.380. The Morgan fingerprint density at radius 2 is 2.00 bits per heavy atom. The maximum atomic E-state index is 10.8. The van der Waals surface area contributed by atoms with Crippen molar-refractivity contribution in [3.8, 4) is 0 Å². The zero-order valence-corrected chi connectivity index (χ0v) is 9.60. The number of nitrogens with zero attached hydrogens (tertiary/aromatic N) is 2. The normalized spacial score (nSPS) is 9.71. The summed E-state index contributed by atoms with van der Waals surface area (Å²) in [6.45, 7) is 0. The van der Waals surface area contributed by atoms with Crippen molar-refractivity contribution in [2.24, 2.45) is 0 Å². The van der Waals surface area contributed by atoms with Crippen molar-refractivity contribution in [1.82, 2.24) is 0 Å². The van der Waals surface area contributed by atoms with Crippen LogP contribution in [0.1, 0.15) is 5.56 Å². The van der Waals surface area contributed by atoms with E-state index in [1.807, 2.05) is 0 Å². The van der Waals surface area contributed by atoms with Gasteiger partial charge in [-0.1, -0.05) is 0 Å². The Bertz CT molecular complexity index is 488. The quantitative estimate of drug-likeness (QED) is 0.464. The lowest BCUT2D eigenvalue weighted by atomic mass is 10.1. The van der Waals surface area contributed by atoms with Gasteiger partial charge >= 0.3 is 0 Å². The molecular weight excluding hydrogens is 248 g/mol. The number of rotatable bonds is 4. The molecule has 17 heavy (non-hydrogen) atoms. The van der Waals surface area contributed by atoms with Crippen molar-refractivity contribution < 1.29 is 14.6 Å². The Hall–Kier alpha value is -2.09. The highest BCUT2D eigenvalue weighted by Crippen LogP contribution is 2.25. The second kappa shape index (κ2) is 5.30. The molecular formula is C9H8N2O5S. The second-order valence-corrected chi connectivity index (χ2v) is 3.54. The molecule has 0 fully saturated rings. The molecule has 0 bridgehead atoms. The number of hydrogen-bond acceptors (Lipinski definition) is 6. The van der Waals surface area contributed by atoms with Gasteiger partial charge in [0.1, 0.15) is 0 Å². The molecule has 1 aromatic rings. The number of hydrogen-bond donors (Lipinski definition) is 0. The number of thiocarbonyl (C=S) groups is 1. The highest BCUT2D eigenvalue weighted by molar-refractivity contribution is 7.80. The third-order valence-corrected chi connectivity index (χ3v) is 2.35. The van der Waals surface area contributed by atoms with Crippen LogP contribution in [0.15, 0.2) is 18.2 Å². The number of nitro benzene ring substituents is 2. The molecule has 0 heterocycles. The Morgan fingerprint density at radius 1 is 1.35 bits per heavy atom. The van der Waals surface area contributed by atoms with Crippen LogP contribution in [0.25, 0.3) is 0 Å². The van der Waals surface area contributed by atoms with Gasteiger partial charge in [-0.2, -0.15) is 0 Å². The second-order valence-electron chi connectivity index (χ2n) is 3.08. The van der Waals surface area contributed by atoms with Gasteiger partial charge in [0.2, 0.25) is 0 Å². The van der Waals surface area contributed by atoms with Crippen LogP contribution >= 0.6 is 12.2 Å². The van der Waals surface area contributed by atoms with E-state index in [-0.39, 0.29) is 28.4 Å². The van der Waals surface area contributed by atoms with Crippen molar-refractivity contribution in [1.29, 1.82) is 0 Å². The van der Waals surface area contributed by atoms with E-state index in [1.54, 1.807) is 0 Å². The summed E-state index contributed by atoms with van der Waals surface area (Å²) >= 11 is 4.79. The van der Waals surface area contributed by atoms with E-state index < -0.39 is 9.85 Å². The lowest BCUT2D eigenvalue weighted by Gasteiger charge is -2.03. The average Bonchev–Trinajstić information content (AvgIpc) is 2.28. The van der Waals surface area contributed by atoms with Crippen molar-refractivity contribution in [2.45, 2.75) is 6.42 Å². The molecule has 0 unspecified atom stereocenters. The highest BCUT2D eigenvalue weighted by Gasteiger charge is 2.20. The largest absolute Gasteiger partial charge is 0.490 e. The van der Waals surface area contributed by atoms with Gasteiger partial charge in [0, 0.05) is 18.1 Å². The van der Waals surface area contributed by atoms with Crippen LogP contribution in [-0.4, -0.2) is 22.0 Å². The van der Waals surface area contributed by atoms with Gasteiger partial charge in [-0.15, -0.1) is 0 Å². The molecule has 0 amide bonds. The molecule has 0 aliphatic heterocycles. The molecule has 1 rings (SSSR count). The molecule has 0 aliphatic carbocycles. The van der Waals surface area contributed by atoms with Crippen LogP contribution in [0.5, 0.6) is 0 Å². The third-order valence-electron chi connectivity index (χ3n) is 2.04. The summed E-state index contributed by atoms with van der Waals surface area (Å²) in [5.74, 6) is 0. The van der Waals surface area contributed by atoms with Gasteiger partial charge in [0.25, 0.3) is 11.4 Å². The first kappa shape index (κ1) is 13.0. The Kier molecular flexibility index (Phi) is 4.05. The molecule has 0 radical (unpaired) electrons. The Labute approximate surface area is 101 Å². The molecule has 0 spiro atoms. The SMILES string of the molecule is COC(=S)Cc1ccc([N+](=O)[O-])cc1[N+](=O)[O-]. The van der Waals surface area contributed by atoms with Crippen molar-refractivity contribution >= 4 is 28.6 Å². The minimum atomic E-state index is -0.689. The first-order valence-corrected chi connectivity index (χ1v) is 4.85. The van der Waals surface area contributed by atoms with Crippen LogP contribution in [0.2, 0.25) is 0 Å². The highest BCUT2D eigenvalue weighted by atomic mass is 32.1. The van der Waals surface area contributed by atoms with E-state index in [9.17, 15) is 20.2 Å². The summed E-state index contributed by atoms with van der Waals surface area (Å²) < 4.78 is 4.74. The van der Waals surface area contributed by atoms with Gasteiger partial charge in [0.15, 0.2) is 5.05 Å². The molecule has 0 saturated heterocycles. The van der Waals surface area contributed by atoms with E-state index in [0.717, 1.165) is 6.07 Å². The fourth-order valence-electron chi connectivity index (χ4n) is 1.21. The molecule has 0 N–H and O–H groups in total. The molecule has 7 nitrogen and oxygen atoms in total.